The van der Waals surface area contributed by atoms with Crippen molar-refractivity contribution in [3.05, 3.63) is 111 Å². The number of hydrogen-bond acceptors (Lipinski definition) is 6. The van der Waals surface area contributed by atoms with E-state index < -0.39 is 0 Å². The first kappa shape index (κ1) is 31.0. The topological polar surface area (TPSA) is 114 Å². The fourth-order valence-electron chi connectivity index (χ4n) is 5.22. The summed E-state index contributed by atoms with van der Waals surface area (Å²) in [4.78, 5) is 50.0. The van der Waals surface area contributed by atoms with Gasteiger partial charge in [0, 0.05) is 41.6 Å². The molecule has 0 fully saturated rings. The molecule has 9 nitrogen and oxygen atoms in total. The molecule has 44 heavy (non-hydrogen) atoms. The fraction of sp³-hybridized carbons (Fsp3) is 0.242. The summed E-state index contributed by atoms with van der Waals surface area (Å²) >= 11 is 12.6. The Morgan fingerprint density at radius 2 is 1.82 bits per heavy atom. The highest BCUT2D eigenvalue weighted by molar-refractivity contribution is 6.34. The van der Waals surface area contributed by atoms with Crippen molar-refractivity contribution in [2.75, 3.05) is 23.9 Å². The van der Waals surface area contributed by atoms with Gasteiger partial charge < -0.3 is 20.3 Å². The summed E-state index contributed by atoms with van der Waals surface area (Å²) < 4.78 is 5.58. The molecule has 3 amide bonds. The maximum atomic E-state index is 14.0. The van der Waals surface area contributed by atoms with Crippen LogP contribution < -0.4 is 20.3 Å². The molecule has 0 radical (unpaired) electrons. The molecule has 2 N–H and O–H groups in total. The lowest BCUT2D eigenvalue weighted by atomic mass is 9.90. The molecule has 0 saturated heterocycles. The Labute approximate surface area is 265 Å². The van der Waals surface area contributed by atoms with E-state index in [0.717, 1.165) is 11.3 Å². The van der Waals surface area contributed by atoms with Crippen LogP contribution in [0.3, 0.4) is 0 Å². The summed E-state index contributed by atoms with van der Waals surface area (Å²) in [7, 11) is 1.47. The molecule has 2 heterocycles. The number of rotatable bonds is 8. The van der Waals surface area contributed by atoms with Crippen molar-refractivity contribution < 1.29 is 19.1 Å². The Morgan fingerprint density at radius 3 is 2.57 bits per heavy atom. The fourth-order valence-corrected chi connectivity index (χ4v) is 5.63. The van der Waals surface area contributed by atoms with E-state index in [2.05, 4.69) is 20.6 Å². The predicted octanol–water partition coefficient (Wildman–Crippen LogP) is 6.58. The van der Waals surface area contributed by atoms with Crippen molar-refractivity contribution >= 4 is 52.3 Å². The average molecular weight is 633 g/mol. The van der Waals surface area contributed by atoms with E-state index in [1.165, 1.54) is 7.11 Å². The van der Waals surface area contributed by atoms with Crippen molar-refractivity contribution in [2.24, 2.45) is 0 Å². The van der Waals surface area contributed by atoms with Gasteiger partial charge in [-0.2, -0.15) is 0 Å². The maximum Gasteiger partial charge on any atom is 0.262 e. The van der Waals surface area contributed by atoms with E-state index in [1.54, 1.807) is 65.8 Å². The average Bonchev–Trinajstić information content (AvgIpc) is 3.19. The van der Waals surface area contributed by atoms with E-state index in [-0.39, 0.29) is 36.6 Å². The highest BCUT2D eigenvalue weighted by Crippen LogP contribution is 2.39. The number of benzene rings is 3. The number of methoxy groups -OCH3 is 1. The molecule has 0 spiro atoms. The lowest BCUT2D eigenvalue weighted by Crippen LogP contribution is -2.32. The molecular formula is C33H31Cl2N5O4. The minimum Gasteiger partial charge on any atom is -0.496 e. The summed E-state index contributed by atoms with van der Waals surface area (Å²) in [6.45, 7) is 2.57. The second-order valence-electron chi connectivity index (χ2n) is 10.5. The maximum absolute atomic E-state index is 14.0. The van der Waals surface area contributed by atoms with E-state index >= 15 is 0 Å². The third kappa shape index (κ3) is 7.18. The number of nitrogens with one attached hydrogen (secondary N) is 2. The zero-order valence-corrected chi connectivity index (χ0v) is 25.8. The summed E-state index contributed by atoms with van der Waals surface area (Å²) in [5, 5.41) is 6.60. The number of anilines is 2. The van der Waals surface area contributed by atoms with Crippen LogP contribution in [0, 0.1) is 6.92 Å². The van der Waals surface area contributed by atoms with Crippen LogP contribution in [0.25, 0.3) is 0 Å². The number of nitrogens with zero attached hydrogens (tertiary/aromatic N) is 3. The monoisotopic (exact) mass is 631 g/mol. The van der Waals surface area contributed by atoms with Gasteiger partial charge in [0.05, 0.1) is 47.4 Å². The van der Waals surface area contributed by atoms with Crippen molar-refractivity contribution in [1.82, 2.24) is 15.3 Å². The molecule has 1 unspecified atom stereocenters. The highest BCUT2D eigenvalue weighted by Gasteiger charge is 2.30. The van der Waals surface area contributed by atoms with Gasteiger partial charge in [-0.05, 0) is 73.7 Å². The van der Waals surface area contributed by atoms with E-state index in [0.29, 0.717) is 63.4 Å². The predicted molar refractivity (Wildman–Crippen MR) is 171 cm³/mol. The van der Waals surface area contributed by atoms with Crippen LogP contribution in [-0.4, -0.2) is 41.3 Å². The van der Waals surface area contributed by atoms with Gasteiger partial charge in [-0.1, -0.05) is 35.3 Å². The molecule has 11 heteroatoms. The lowest BCUT2D eigenvalue weighted by molar-refractivity contribution is -0.121. The number of halogens is 2. The Bertz CT molecular complexity index is 1700. The zero-order valence-electron chi connectivity index (χ0n) is 24.3. The molecule has 3 aromatic carbocycles. The molecular weight excluding hydrogens is 601 g/mol. The normalized spacial score (nSPS) is 14.3. The van der Waals surface area contributed by atoms with E-state index in [9.17, 15) is 14.4 Å². The quantitative estimate of drug-likeness (QED) is 0.227. The number of aryl methyl sites for hydroxylation is 1. The minimum atomic E-state index is -0.378. The standard InChI is InChI=1S/C33H31Cl2N5O4/c1-20-17-37-24(18-36-20)19-38-31(41)14-21-6-5-13-40(29-12-9-22(34)15-27(21)29)33(43)26-11-10-23(16-30(26)44-2)39-32(42)25-7-3-4-8-28(25)35/h3-4,7-12,15-18,21H,5-6,13-14,19H2,1-2H3,(H,38,41)(H,39,42). The van der Waals surface area contributed by atoms with Crippen LogP contribution >= 0.6 is 23.2 Å². The Kier molecular flexibility index (Phi) is 9.77. The molecule has 1 aliphatic heterocycles. The second kappa shape index (κ2) is 13.9. The summed E-state index contributed by atoms with van der Waals surface area (Å²) in [6, 6.07) is 17.0. The van der Waals surface area contributed by atoms with Crippen LogP contribution in [0.2, 0.25) is 10.0 Å². The summed E-state index contributed by atoms with van der Waals surface area (Å²) in [5.74, 6) is -0.606. The van der Waals surface area contributed by atoms with Crippen LogP contribution in [0.4, 0.5) is 11.4 Å². The summed E-state index contributed by atoms with van der Waals surface area (Å²) in [6.07, 6.45) is 4.91. The van der Waals surface area contributed by atoms with Crippen molar-refractivity contribution in [3.8, 4) is 5.75 Å². The van der Waals surface area contributed by atoms with Gasteiger partial charge >= 0.3 is 0 Å². The molecule has 5 rings (SSSR count). The van der Waals surface area contributed by atoms with E-state index in [4.69, 9.17) is 27.9 Å². The number of aromatic nitrogens is 2. The van der Waals surface area contributed by atoms with Crippen LogP contribution in [0.5, 0.6) is 5.75 Å². The number of ether oxygens (including phenoxy) is 1. The smallest absolute Gasteiger partial charge is 0.262 e. The third-order valence-electron chi connectivity index (χ3n) is 7.44. The number of amides is 3. The first-order valence-electron chi connectivity index (χ1n) is 14.1. The minimum absolute atomic E-state index is 0.126. The second-order valence-corrected chi connectivity index (χ2v) is 11.3. The first-order valence-corrected chi connectivity index (χ1v) is 14.9. The molecule has 0 bridgehead atoms. The van der Waals surface area contributed by atoms with Crippen molar-refractivity contribution in [3.63, 3.8) is 0 Å². The molecule has 4 aromatic rings. The molecule has 1 aliphatic rings. The number of fused-ring (bicyclic) bond motifs is 1. The Balaban J connectivity index is 1.34. The number of hydrogen-bond donors (Lipinski definition) is 2. The summed E-state index contributed by atoms with van der Waals surface area (Å²) in [5.41, 5.74) is 4.12. The SMILES string of the molecule is COc1cc(NC(=O)c2ccccc2Cl)ccc1C(=O)N1CCCC(CC(=O)NCc2cnc(C)cn2)c2cc(Cl)ccc21. The van der Waals surface area contributed by atoms with Gasteiger partial charge in [0.15, 0.2) is 0 Å². The van der Waals surface area contributed by atoms with Gasteiger partial charge in [-0.15, -0.1) is 0 Å². The van der Waals surface area contributed by atoms with Gasteiger partial charge in [-0.25, -0.2) is 0 Å². The molecule has 1 aromatic heterocycles. The molecule has 0 aliphatic carbocycles. The first-order chi connectivity index (χ1) is 21.2. The van der Waals surface area contributed by atoms with Crippen LogP contribution in [-0.2, 0) is 11.3 Å². The zero-order chi connectivity index (χ0) is 31.2. The Hall–Kier alpha value is -4.47. The molecule has 0 saturated carbocycles. The van der Waals surface area contributed by atoms with Crippen molar-refractivity contribution in [2.45, 2.75) is 38.6 Å². The van der Waals surface area contributed by atoms with E-state index in [1.807, 2.05) is 19.1 Å². The molecule has 1 atom stereocenters. The third-order valence-corrected chi connectivity index (χ3v) is 8.01. The number of carbonyl (C=O) groups is 3. The van der Waals surface area contributed by atoms with Gasteiger partial charge in [0.1, 0.15) is 5.75 Å². The molecule has 226 valence electrons. The largest absolute Gasteiger partial charge is 0.496 e. The van der Waals surface area contributed by atoms with Crippen LogP contribution in [0.1, 0.15) is 62.8 Å². The lowest BCUT2D eigenvalue weighted by Gasteiger charge is -2.25. The Morgan fingerprint density at radius 1 is 1.00 bits per heavy atom. The van der Waals surface area contributed by atoms with Gasteiger partial charge in [-0.3, -0.25) is 24.4 Å². The van der Waals surface area contributed by atoms with Gasteiger partial charge in [0.2, 0.25) is 5.91 Å². The highest BCUT2D eigenvalue weighted by atomic mass is 35.5. The van der Waals surface area contributed by atoms with Gasteiger partial charge in [0.25, 0.3) is 11.8 Å². The van der Waals surface area contributed by atoms with Crippen LogP contribution in [0.15, 0.2) is 73.1 Å². The van der Waals surface area contributed by atoms with Crippen molar-refractivity contribution in [1.29, 1.82) is 0 Å². The number of carbonyl (C=O) groups excluding carboxylic acids is 3.